The fourth-order valence-electron chi connectivity index (χ4n) is 3.27. The zero-order chi connectivity index (χ0) is 14.3. The van der Waals surface area contributed by atoms with Gasteiger partial charge in [0.25, 0.3) is 0 Å². The second-order valence-electron chi connectivity index (χ2n) is 7.24. The van der Waals surface area contributed by atoms with Crippen molar-refractivity contribution in [2.45, 2.75) is 58.5 Å². The molecule has 0 aliphatic heterocycles. The molecule has 104 valence electrons. The number of carbonyl (C=O) groups excluding carboxylic acids is 1. The van der Waals surface area contributed by atoms with Crippen molar-refractivity contribution >= 4 is 5.78 Å². The third-order valence-corrected chi connectivity index (χ3v) is 4.19. The fraction of sp³-hybridized carbons (Fsp3) is 0.588. The third kappa shape index (κ3) is 2.74. The largest absolute Gasteiger partial charge is 0.300 e. The van der Waals surface area contributed by atoms with Crippen LogP contribution < -0.4 is 5.32 Å². The van der Waals surface area contributed by atoms with Gasteiger partial charge in [-0.2, -0.15) is 0 Å². The van der Waals surface area contributed by atoms with Gasteiger partial charge in [0.1, 0.15) is 5.78 Å². The zero-order valence-electron chi connectivity index (χ0n) is 12.7. The molecule has 1 aliphatic carbocycles. The monoisotopic (exact) mass is 259 g/mol. The molecule has 1 aromatic rings. The van der Waals surface area contributed by atoms with E-state index in [2.05, 4.69) is 57.3 Å². The van der Waals surface area contributed by atoms with Gasteiger partial charge in [0.2, 0.25) is 0 Å². The van der Waals surface area contributed by atoms with Crippen LogP contribution in [0.4, 0.5) is 0 Å². The van der Waals surface area contributed by atoms with Crippen molar-refractivity contribution in [1.29, 1.82) is 0 Å². The Balaban J connectivity index is 2.19. The summed E-state index contributed by atoms with van der Waals surface area (Å²) in [7, 11) is 0. The number of hydrogen-bond donors (Lipinski definition) is 1. The number of Topliss-reactive ketones (excluding diaryl/α,β-unsaturated/α-hetero) is 1. The van der Waals surface area contributed by atoms with Crippen LogP contribution in [-0.2, 0) is 11.2 Å². The number of nitrogens with one attached hydrogen (secondary N) is 1. The smallest absolute Gasteiger partial charge is 0.150 e. The van der Waals surface area contributed by atoms with Gasteiger partial charge < -0.3 is 0 Å². The molecular weight excluding hydrogens is 234 g/mol. The van der Waals surface area contributed by atoms with E-state index in [-0.39, 0.29) is 22.3 Å². The van der Waals surface area contributed by atoms with Crippen LogP contribution in [0.25, 0.3) is 0 Å². The number of ketones is 1. The molecule has 0 heterocycles. The molecule has 1 fully saturated rings. The highest BCUT2D eigenvalue weighted by molar-refractivity contribution is 5.91. The highest BCUT2D eigenvalue weighted by atomic mass is 16.1. The summed E-state index contributed by atoms with van der Waals surface area (Å²) in [6.45, 7) is 10.3. The minimum atomic E-state index is -0.346. The third-order valence-electron chi connectivity index (χ3n) is 4.19. The predicted molar refractivity (Wildman–Crippen MR) is 79.2 cm³/mol. The lowest BCUT2D eigenvalue weighted by Crippen LogP contribution is -2.52. The van der Waals surface area contributed by atoms with Crippen molar-refractivity contribution in [3.8, 4) is 0 Å². The topological polar surface area (TPSA) is 29.1 Å². The van der Waals surface area contributed by atoms with Gasteiger partial charge in [0.15, 0.2) is 0 Å². The first kappa shape index (κ1) is 14.3. The Bertz CT molecular complexity index is 474. The minimum absolute atomic E-state index is 0.0352. The van der Waals surface area contributed by atoms with Crippen LogP contribution in [0.5, 0.6) is 0 Å². The normalized spacial score (nSPS) is 30.2. The highest BCUT2D eigenvalue weighted by Gasteiger charge is 2.67. The van der Waals surface area contributed by atoms with Crippen LogP contribution >= 0.6 is 0 Å². The number of carbonyl (C=O) groups is 1. The van der Waals surface area contributed by atoms with Crippen molar-refractivity contribution in [1.82, 2.24) is 5.32 Å². The Hall–Kier alpha value is -1.15. The first-order valence-electron chi connectivity index (χ1n) is 7.03. The van der Waals surface area contributed by atoms with E-state index in [1.807, 2.05) is 6.07 Å². The van der Waals surface area contributed by atoms with E-state index in [0.717, 1.165) is 12.8 Å². The van der Waals surface area contributed by atoms with Gasteiger partial charge in [0.05, 0.1) is 5.54 Å². The molecule has 0 unspecified atom stereocenters. The molecule has 2 heteroatoms. The summed E-state index contributed by atoms with van der Waals surface area (Å²) >= 11 is 0. The molecule has 2 nitrogen and oxygen atoms in total. The first-order chi connectivity index (χ1) is 8.69. The molecule has 1 aromatic carbocycles. The van der Waals surface area contributed by atoms with Crippen LogP contribution in [0.15, 0.2) is 30.3 Å². The van der Waals surface area contributed by atoms with Crippen molar-refractivity contribution in [3.63, 3.8) is 0 Å². The Morgan fingerprint density at radius 1 is 1.26 bits per heavy atom. The van der Waals surface area contributed by atoms with E-state index in [9.17, 15) is 4.79 Å². The molecule has 19 heavy (non-hydrogen) atoms. The van der Waals surface area contributed by atoms with E-state index < -0.39 is 0 Å². The molecule has 0 saturated heterocycles. The molecule has 1 saturated carbocycles. The Labute approximate surface area is 116 Å². The SMILES string of the molecule is CC(=O)[C@@]1(NC(C)(C)C)C[C@@]1(C)Cc1ccccc1. The summed E-state index contributed by atoms with van der Waals surface area (Å²) < 4.78 is 0. The molecule has 0 spiro atoms. The maximum Gasteiger partial charge on any atom is 0.150 e. The van der Waals surface area contributed by atoms with Crippen molar-refractivity contribution in [2.24, 2.45) is 5.41 Å². The van der Waals surface area contributed by atoms with Crippen LogP contribution in [0, 0.1) is 5.41 Å². The second-order valence-corrected chi connectivity index (χ2v) is 7.24. The maximum absolute atomic E-state index is 12.1. The molecule has 0 bridgehead atoms. The van der Waals surface area contributed by atoms with Gasteiger partial charge in [-0.05, 0) is 51.5 Å². The second kappa shape index (κ2) is 4.45. The number of benzene rings is 1. The fourth-order valence-corrected chi connectivity index (χ4v) is 3.27. The van der Waals surface area contributed by atoms with Gasteiger partial charge in [-0.15, -0.1) is 0 Å². The number of rotatable bonds is 4. The minimum Gasteiger partial charge on any atom is -0.300 e. The Kier molecular flexibility index (Phi) is 3.34. The lowest BCUT2D eigenvalue weighted by Gasteiger charge is -2.31. The summed E-state index contributed by atoms with van der Waals surface area (Å²) in [4.78, 5) is 12.1. The molecule has 1 aliphatic rings. The summed E-state index contributed by atoms with van der Waals surface area (Å²) in [6, 6.07) is 10.4. The van der Waals surface area contributed by atoms with E-state index in [1.54, 1.807) is 6.92 Å². The van der Waals surface area contributed by atoms with E-state index in [0.29, 0.717) is 0 Å². The maximum atomic E-state index is 12.1. The molecule has 0 aromatic heterocycles. The summed E-state index contributed by atoms with van der Waals surface area (Å²) in [5.41, 5.74) is 0.957. The average Bonchev–Trinajstić information content (AvgIpc) is 2.83. The standard InChI is InChI=1S/C17H25NO/c1-13(19)17(18-15(2,3)4)12-16(17,5)11-14-9-7-6-8-10-14/h6-10,18H,11-12H2,1-5H3/t16-,17+/m1/s1. The number of hydrogen-bond acceptors (Lipinski definition) is 2. The molecule has 0 amide bonds. The molecule has 2 rings (SSSR count). The Morgan fingerprint density at radius 3 is 2.32 bits per heavy atom. The van der Waals surface area contributed by atoms with Crippen LogP contribution in [0.3, 0.4) is 0 Å². The highest BCUT2D eigenvalue weighted by Crippen LogP contribution is 2.59. The van der Waals surface area contributed by atoms with Crippen LogP contribution in [0.2, 0.25) is 0 Å². The van der Waals surface area contributed by atoms with Crippen LogP contribution in [-0.4, -0.2) is 16.9 Å². The molecular formula is C17H25NO. The average molecular weight is 259 g/mol. The van der Waals surface area contributed by atoms with Crippen LogP contribution in [0.1, 0.15) is 46.6 Å². The summed E-state index contributed by atoms with van der Waals surface area (Å²) in [6.07, 6.45) is 1.89. The molecule has 1 N–H and O–H groups in total. The lowest BCUT2D eigenvalue weighted by atomic mass is 9.89. The van der Waals surface area contributed by atoms with Gasteiger partial charge >= 0.3 is 0 Å². The van der Waals surface area contributed by atoms with Gasteiger partial charge in [-0.3, -0.25) is 10.1 Å². The van der Waals surface area contributed by atoms with Gasteiger partial charge in [-0.25, -0.2) is 0 Å². The van der Waals surface area contributed by atoms with E-state index in [1.165, 1.54) is 5.56 Å². The van der Waals surface area contributed by atoms with E-state index >= 15 is 0 Å². The predicted octanol–water partition coefficient (Wildman–Crippen LogP) is 3.36. The lowest BCUT2D eigenvalue weighted by molar-refractivity contribution is -0.121. The first-order valence-corrected chi connectivity index (χ1v) is 7.03. The van der Waals surface area contributed by atoms with Gasteiger partial charge in [0, 0.05) is 5.54 Å². The summed E-state index contributed by atoms with van der Waals surface area (Å²) in [5, 5.41) is 3.57. The van der Waals surface area contributed by atoms with Crippen molar-refractivity contribution in [2.75, 3.05) is 0 Å². The zero-order valence-corrected chi connectivity index (χ0v) is 12.7. The molecule has 2 atom stereocenters. The quantitative estimate of drug-likeness (QED) is 0.898. The summed E-state index contributed by atoms with van der Waals surface area (Å²) in [5.74, 6) is 0.265. The van der Waals surface area contributed by atoms with Crippen molar-refractivity contribution in [3.05, 3.63) is 35.9 Å². The van der Waals surface area contributed by atoms with E-state index in [4.69, 9.17) is 0 Å². The molecule has 0 radical (unpaired) electrons. The van der Waals surface area contributed by atoms with Gasteiger partial charge in [-0.1, -0.05) is 37.3 Å². The Morgan fingerprint density at radius 2 is 1.84 bits per heavy atom. The van der Waals surface area contributed by atoms with Crippen molar-refractivity contribution < 1.29 is 4.79 Å².